The Balaban J connectivity index is 1.68. The van der Waals surface area contributed by atoms with E-state index in [4.69, 9.17) is 14.0 Å². The lowest BCUT2D eigenvalue weighted by atomic mass is 9.78. The average molecular weight is 392 g/mol. The van der Waals surface area contributed by atoms with Crippen LogP contribution in [0.4, 0.5) is 0 Å². The number of benzene rings is 2. The molecule has 150 valence electrons. The number of fused-ring (bicyclic) bond motifs is 1. The third-order valence-electron chi connectivity index (χ3n) is 5.93. The molecule has 2 heterocycles. The maximum atomic E-state index is 11.7. The highest BCUT2D eigenvalue weighted by Crippen LogP contribution is 2.36. The molecule has 0 saturated carbocycles. The van der Waals surface area contributed by atoms with Crippen molar-refractivity contribution in [3.8, 4) is 5.75 Å². The number of hydrogen-bond acceptors (Lipinski definition) is 5. The van der Waals surface area contributed by atoms with Crippen molar-refractivity contribution in [1.82, 2.24) is 9.78 Å². The number of aldehydes is 1. The topological polar surface area (TPSA) is 62.6 Å². The molecule has 0 unspecified atom stereocenters. The molecule has 0 spiro atoms. The van der Waals surface area contributed by atoms with Crippen molar-refractivity contribution in [2.75, 3.05) is 7.11 Å². The number of nitrogens with zero attached hydrogens (tertiary/aromatic N) is 2. The van der Waals surface area contributed by atoms with E-state index in [0.29, 0.717) is 12.2 Å². The molecule has 2 aromatic carbocycles. The highest BCUT2D eigenvalue weighted by atomic mass is 16.7. The zero-order chi connectivity index (χ0) is 20.8. The fourth-order valence-corrected chi connectivity index (χ4v) is 3.46. The molecular weight excluding hydrogens is 367 g/mol. The summed E-state index contributed by atoms with van der Waals surface area (Å²) >= 11 is 0. The molecule has 1 fully saturated rings. The van der Waals surface area contributed by atoms with Crippen molar-refractivity contribution < 1.29 is 18.8 Å². The first-order valence-corrected chi connectivity index (χ1v) is 9.68. The predicted octanol–water partition coefficient (Wildman–Crippen LogP) is 3.20. The number of hydrogen-bond donors (Lipinski definition) is 0. The number of rotatable bonds is 5. The van der Waals surface area contributed by atoms with E-state index < -0.39 is 18.3 Å². The van der Waals surface area contributed by atoms with Gasteiger partial charge < -0.3 is 14.0 Å². The fourth-order valence-electron chi connectivity index (χ4n) is 3.46. The van der Waals surface area contributed by atoms with Gasteiger partial charge in [-0.3, -0.25) is 9.48 Å². The number of aromatic nitrogens is 2. The fraction of sp³-hybridized carbons (Fsp3) is 0.364. The molecule has 29 heavy (non-hydrogen) atoms. The largest absolute Gasteiger partial charge is 0.497 e. The lowest BCUT2D eigenvalue weighted by Crippen LogP contribution is -2.41. The Bertz CT molecular complexity index is 1040. The molecule has 0 radical (unpaired) electrons. The van der Waals surface area contributed by atoms with Crippen molar-refractivity contribution in [2.24, 2.45) is 0 Å². The first-order valence-electron chi connectivity index (χ1n) is 9.68. The van der Waals surface area contributed by atoms with Crippen LogP contribution in [0.2, 0.25) is 0 Å². The van der Waals surface area contributed by atoms with Gasteiger partial charge in [-0.05, 0) is 56.9 Å². The van der Waals surface area contributed by atoms with Gasteiger partial charge in [0.1, 0.15) is 11.4 Å². The molecule has 1 aromatic heterocycles. The number of ether oxygens (including phenoxy) is 1. The molecule has 1 saturated heterocycles. The van der Waals surface area contributed by atoms with Gasteiger partial charge in [-0.25, -0.2) is 0 Å². The van der Waals surface area contributed by atoms with E-state index in [0.717, 1.165) is 34.0 Å². The van der Waals surface area contributed by atoms with Crippen LogP contribution in [0, 0.1) is 0 Å². The molecule has 1 aliphatic rings. The molecule has 4 rings (SSSR count). The van der Waals surface area contributed by atoms with Gasteiger partial charge in [0.25, 0.3) is 0 Å². The standard InChI is InChI=1S/C22H25BN2O4/c1-21(2)22(3,4)29-23(28-21)16-8-11-20-18(12-16)19(14-26)24-25(20)13-15-6-9-17(27-5)10-7-15/h6-12,14H,13H2,1-5H3. The molecule has 0 N–H and O–H groups in total. The van der Waals surface area contributed by atoms with Gasteiger partial charge >= 0.3 is 7.12 Å². The van der Waals surface area contributed by atoms with Gasteiger partial charge in [0, 0.05) is 5.39 Å². The molecule has 0 bridgehead atoms. The van der Waals surface area contributed by atoms with Crippen LogP contribution in [0.1, 0.15) is 43.7 Å². The Kier molecular flexibility index (Phi) is 4.75. The summed E-state index contributed by atoms with van der Waals surface area (Å²) < 4.78 is 19.3. The molecule has 1 aliphatic heterocycles. The van der Waals surface area contributed by atoms with Crippen LogP contribution < -0.4 is 10.2 Å². The number of carbonyl (C=O) groups is 1. The third kappa shape index (κ3) is 3.45. The maximum Gasteiger partial charge on any atom is 0.494 e. The van der Waals surface area contributed by atoms with Crippen molar-refractivity contribution >= 4 is 29.8 Å². The second kappa shape index (κ2) is 7.00. The van der Waals surface area contributed by atoms with Gasteiger partial charge in [-0.2, -0.15) is 5.10 Å². The highest BCUT2D eigenvalue weighted by Gasteiger charge is 2.51. The molecule has 3 aromatic rings. The summed E-state index contributed by atoms with van der Waals surface area (Å²) in [6.45, 7) is 8.65. The van der Waals surface area contributed by atoms with Gasteiger partial charge in [-0.1, -0.05) is 24.3 Å². The Morgan fingerprint density at radius 3 is 2.31 bits per heavy atom. The van der Waals surface area contributed by atoms with Crippen molar-refractivity contribution in [3.05, 3.63) is 53.7 Å². The molecule has 6 nitrogen and oxygen atoms in total. The lowest BCUT2D eigenvalue weighted by Gasteiger charge is -2.32. The van der Waals surface area contributed by atoms with Crippen LogP contribution in [0.25, 0.3) is 10.9 Å². The molecule has 7 heteroatoms. The summed E-state index contributed by atoms with van der Waals surface area (Å²) in [5, 5.41) is 5.30. The van der Waals surface area contributed by atoms with Gasteiger partial charge in [-0.15, -0.1) is 0 Å². The van der Waals surface area contributed by atoms with E-state index in [1.807, 2.05) is 74.8 Å². The smallest absolute Gasteiger partial charge is 0.494 e. The minimum atomic E-state index is -0.478. The van der Waals surface area contributed by atoms with Crippen LogP contribution in [0.5, 0.6) is 5.75 Å². The lowest BCUT2D eigenvalue weighted by molar-refractivity contribution is 0.00578. The minimum Gasteiger partial charge on any atom is -0.497 e. The van der Waals surface area contributed by atoms with Crippen molar-refractivity contribution in [2.45, 2.75) is 45.4 Å². The monoisotopic (exact) mass is 392 g/mol. The quantitative estimate of drug-likeness (QED) is 0.493. The summed E-state index contributed by atoms with van der Waals surface area (Å²) in [4.78, 5) is 11.7. The predicted molar refractivity (Wildman–Crippen MR) is 113 cm³/mol. The van der Waals surface area contributed by atoms with Gasteiger partial charge in [0.15, 0.2) is 6.29 Å². The van der Waals surface area contributed by atoms with E-state index in [1.54, 1.807) is 7.11 Å². The Labute approximate surface area is 170 Å². The SMILES string of the molecule is COc1ccc(Cn2nc(C=O)c3cc(B4OC(C)(C)C(C)(C)O4)ccc32)cc1. The summed E-state index contributed by atoms with van der Waals surface area (Å²) in [6, 6.07) is 13.7. The van der Waals surface area contributed by atoms with Gasteiger partial charge in [0.2, 0.25) is 0 Å². The van der Waals surface area contributed by atoms with E-state index in [1.165, 1.54) is 0 Å². The molecule has 0 atom stereocenters. The Morgan fingerprint density at radius 1 is 1.07 bits per heavy atom. The number of carbonyl (C=O) groups excluding carboxylic acids is 1. The normalized spacial score (nSPS) is 17.6. The van der Waals surface area contributed by atoms with Crippen LogP contribution >= 0.6 is 0 Å². The van der Waals surface area contributed by atoms with E-state index in [2.05, 4.69) is 5.10 Å². The zero-order valence-electron chi connectivity index (χ0n) is 17.4. The van der Waals surface area contributed by atoms with Crippen LogP contribution in [0.3, 0.4) is 0 Å². The summed E-state index contributed by atoms with van der Waals surface area (Å²) in [5.41, 5.74) is 2.41. The van der Waals surface area contributed by atoms with E-state index in [-0.39, 0.29) is 0 Å². The van der Waals surface area contributed by atoms with E-state index in [9.17, 15) is 4.79 Å². The summed E-state index contributed by atoms with van der Waals surface area (Å²) in [5.74, 6) is 0.805. The highest BCUT2D eigenvalue weighted by molar-refractivity contribution is 6.62. The second-order valence-corrected chi connectivity index (χ2v) is 8.37. The number of methoxy groups -OCH3 is 1. The molecular formula is C22H25BN2O4. The van der Waals surface area contributed by atoms with Gasteiger partial charge in [0.05, 0.1) is 30.4 Å². The Hall–Kier alpha value is -2.64. The molecule has 0 amide bonds. The van der Waals surface area contributed by atoms with E-state index >= 15 is 0 Å². The summed E-state index contributed by atoms with van der Waals surface area (Å²) in [6.07, 6.45) is 0.793. The maximum absolute atomic E-state index is 11.7. The van der Waals surface area contributed by atoms with Crippen LogP contribution in [-0.4, -0.2) is 41.5 Å². The summed E-state index contributed by atoms with van der Waals surface area (Å²) in [7, 11) is 1.16. The first-order chi connectivity index (χ1) is 13.7. The van der Waals surface area contributed by atoms with Crippen LogP contribution in [0.15, 0.2) is 42.5 Å². The Morgan fingerprint density at radius 2 is 1.72 bits per heavy atom. The van der Waals surface area contributed by atoms with Crippen molar-refractivity contribution in [1.29, 1.82) is 0 Å². The van der Waals surface area contributed by atoms with Crippen molar-refractivity contribution in [3.63, 3.8) is 0 Å². The first kappa shape index (κ1) is 19.7. The van der Waals surface area contributed by atoms with Crippen LogP contribution in [-0.2, 0) is 15.9 Å². The third-order valence-corrected chi connectivity index (χ3v) is 5.93. The second-order valence-electron chi connectivity index (χ2n) is 8.37. The molecule has 0 aliphatic carbocycles. The average Bonchev–Trinajstić information content (AvgIpc) is 3.15. The minimum absolute atomic E-state index is 0.409. The zero-order valence-corrected chi connectivity index (χ0v) is 17.4.